The van der Waals surface area contributed by atoms with Gasteiger partial charge in [-0.05, 0) is 61.1 Å². The maximum Gasteiger partial charge on any atom is 0.0186 e. The van der Waals surface area contributed by atoms with Crippen LogP contribution in [0.1, 0.15) is 102 Å². The van der Waals surface area contributed by atoms with Gasteiger partial charge in [-0.25, -0.2) is 0 Å². The van der Waals surface area contributed by atoms with Crippen LogP contribution in [0.15, 0.2) is 58.3 Å². The third kappa shape index (κ3) is 11.5. The molecule has 0 fully saturated rings. The Morgan fingerprint density at radius 3 is 1.13 bits per heavy atom. The lowest BCUT2D eigenvalue weighted by atomic mass is 10.1. The van der Waals surface area contributed by atoms with Crippen molar-refractivity contribution in [2.24, 2.45) is 0 Å². The molecule has 0 N–H and O–H groups in total. The van der Waals surface area contributed by atoms with Crippen molar-refractivity contribution in [3.05, 3.63) is 59.7 Å². The van der Waals surface area contributed by atoms with Crippen molar-refractivity contribution in [1.82, 2.24) is 0 Å². The fraction of sp³-hybridized carbons (Fsp3) is 0.571. The van der Waals surface area contributed by atoms with Crippen molar-refractivity contribution in [3.63, 3.8) is 0 Å². The van der Waals surface area contributed by atoms with Crippen LogP contribution in [-0.2, 0) is 12.8 Å². The molecule has 0 unspecified atom stereocenters. The molecule has 2 rings (SSSR count). The first kappa shape index (κ1) is 25.4. The number of benzene rings is 2. The average molecular weight is 443 g/mol. The highest BCUT2D eigenvalue weighted by Crippen LogP contribution is 2.37. The second kappa shape index (κ2) is 16.8. The van der Waals surface area contributed by atoms with Gasteiger partial charge in [0.2, 0.25) is 0 Å². The van der Waals surface area contributed by atoms with Gasteiger partial charge in [0.1, 0.15) is 0 Å². The molecule has 0 atom stereocenters. The fourth-order valence-electron chi connectivity index (χ4n) is 3.74. The SMILES string of the molecule is CCCCCCCCc1ccc(SSc2ccc(CCCCCCCC)cc2)cc1. The molecule has 30 heavy (non-hydrogen) atoms. The van der Waals surface area contributed by atoms with Crippen LogP contribution in [-0.4, -0.2) is 0 Å². The van der Waals surface area contributed by atoms with Gasteiger partial charge in [-0.3, -0.25) is 0 Å². The molecular formula is C28H42S2. The summed E-state index contributed by atoms with van der Waals surface area (Å²) in [5.41, 5.74) is 2.97. The topological polar surface area (TPSA) is 0 Å². The van der Waals surface area contributed by atoms with Crippen LogP contribution in [0.5, 0.6) is 0 Å². The van der Waals surface area contributed by atoms with Gasteiger partial charge >= 0.3 is 0 Å². The minimum atomic E-state index is 1.23. The first-order valence-electron chi connectivity index (χ1n) is 12.3. The zero-order valence-electron chi connectivity index (χ0n) is 19.3. The Bertz CT molecular complexity index is 586. The number of hydrogen-bond acceptors (Lipinski definition) is 2. The summed E-state index contributed by atoms with van der Waals surface area (Å²) < 4.78 is 0. The Morgan fingerprint density at radius 2 is 0.767 bits per heavy atom. The van der Waals surface area contributed by atoms with Gasteiger partial charge in [-0.2, -0.15) is 0 Å². The predicted molar refractivity (Wildman–Crippen MR) is 139 cm³/mol. The van der Waals surface area contributed by atoms with Gasteiger partial charge < -0.3 is 0 Å². The van der Waals surface area contributed by atoms with Gasteiger partial charge in [0.25, 0.3) is 0 Å². The lowest BCUT2D eigenvalue weighted by Crippen LogP contribution is -1.86. The van der Waals surface area contributed by atoms with Gasteiger partial charge in [-0.1, -0.05) is 124 Å². The molecule has 0 saturated heterocycles. The monoisotopic (exact) mass is 442 g/mol. The van der Waals surface area contributed by atoms with E-state index in [1.165, 1.54) is 111 Å². The summed E-state index contributed by atoms with van der Waals surface area (Å²) in [5, 5.41) is 0. The van der Waals surface area contributed by atoms with Crippen molar-refractivity contribution in [2.75, 3.05) is 0 Å². The van der Waals surface area contributed by atoms with Gasteiger partial charge in [0.15, 0.2) is 0 Å². The van der Waals surface area contributed by atoms with E-state index in [0.717, 1.165) is 0 Å². The number of rotatable bonds is 17. The van der Waals surface area contributed by atoms with Crippen LogP contribution < -0.4 is 0 Å². The van der Waals surface area contributed by atoms with E-state index in [-0.39, 0.29) is 0 Å². The first-order valence-corrected chi connectivity index (χ1v) is 14.5. The highest BCUT2D eigenvalue weighted by Gasteiger charge is 2.01. The molecule has 0 aliphatic carbocycles. The Kier molecular flexibility index (Phi) is 14.2. The molecule has 0 amide bonds. The highest BCUT2D eigenvalue weighted by atomic mass is 33.1. The number of hydrogen-bond donors (Lipinski definition) is 0. The van der Waals surface area contributed by atoms with Gasteiger partial charge in [0, 0.05) is 9.79 Å². The van der Waals surface area contributed by atoms with Crippen LogP contribution in [0.25, 0.3) is 0 Å². The summed E-state index contributed by atoms with van der Waals surface area (Å²) in [5.74, 6) is 0. The van der Waals surface area contributed by atoms with Crippen LogP contribution in [0.3, 0.4) is 0 Å². The second-order valence-corrected chi connectivity index (χ2v) is 10.8. The minimum Gasteiger partial charge on any atom is -0.0654 e. The standard InChI is InChI=1S/C28H42S2/c1-3-5-7-9-11-13-15-25-17-21-27(22-18-25)29-30-28-23-19-26(20-24-28)16-14-12-10-8-6-4-2/h17-24H,3-16H2,1-2H3. The Labute approximate surface area is 194 Å². The van der Waals surface area contributed by atoms with Crippen LogP contribution in [0.2, 0.25) is 0 Å². The molecule has 166 valence electrons. The Morgan fingerprint density at radius 1 is 0.433 bits per heavy atom. The Balaban J connectivity index is 1.61. The van der Waals surface area contributed by atoms with E-state index in [1.807, 2.05) is 21.6 Å². The third-order valence-corrected chi connectivity index (χ3v) is 8.14. The number of unbranched alkanes of at least 4 members (excludes halogenated alkanes) is 10. The molecular weight excluding hydrogens is 400 g/mol. The zero-order valence-corrected chi connectivity index (χ0v) is 21.0. The molecule has 0 nitrogen and oxygen atoms in total. The molecule has 0 radical (unpaired) electrons. The van der Waals surface area contributed by atoms with Crippen LogP contribution in [0, 0.1) is 0 Å². The van der Waals surface area contributed by atoms with Crippen molar-refractivity contribution < 1.29 is 0 Å². The summed E-state index contributed by atoms with van der Waals surface area (Å²) in [6, 6.07) is 18.4. The van der Waals surface area contributed by atoms with E-state index in [0.29, 0.717) is 0 Å². The van der Waals surface area contributed by atoms with E-state index in [9.17, 15) is 0 Å². The van der Waals surface area contributed by atoms with Crippen LogP contribution >= 0.6 is 21.6 Å². The van der Waals surface area contributed by atoms with E-state index in [2.05, 4.69) is 62.4 Å². The van der Waals surface area contributed by atoms with Crippen molar-refractivity contribution in [2.45, 2.75) is 114 Å². The lowest BCUT2D eigenvalue weighted by molar-refractivity contribution is 0.607. The molecule has 0 saturated carbocycles. The fourth-order valence-corrected chi connectivity index (χ4v) is 5.67. The summed E-state index contributed by atoms with van der Waals surface area (Å²) >= 11 is 0. The maximum absolute atomic E-state index is 2.32. The van der Waals surface area contributed by atoms with E-state index in [1.54, 1.807) is 0 Å². The summed E-state index contributed by atoms with van der Waals surface area (Å²) in [7, 11) is 3.74. The molecule has 0 heterocycles. The van der Waals surface area contributed by atoms with Crippen LogP contribution in [0.4, 0.5) is 0 Å². The average Bonchev–Trinajstić information content (AvgIpc) is 2.79. The normalized spacial score (nSPS) is 11.1. The van der Waals surface area contributed by atoms with E-state index >= 15 is 0 Å². The molecule has 2 aromatic carbocycles. The molecule has 2 aromatic rings. The maximum atomic E-state index is 2.32. The largest absolute Gasteiger partial charge is 0.0654 e. The highest BCUT2D eigenvalue weighted by molar-refractivity contribution is 8.76. The summed E-state index contributed by atoms with van der Waals surface area (Å²) in [6.07, 6.45) is 18.9. The first-order chi connectivity index (χ1) is 14.8. The molecule has 2 heteroatoms. The molecule has 0 aromatic heterocycles. The molecule has 0 spiro atoms. The van der Waals surface area contributed by atoms with Crippen molar-refractivity contribution in [1.29, 1.82) is 0 Å². The summed E-state index contributed by atoms with van der Waals surface area (Å²) in [4.78, 5) is 2.70. The number of aryl methyl sites for hydroxylation is 2. The zero-order chi connectivity index (χ0) is 21.3. The Hall–Kier alpha value is -0.860. The second-order valence-electron chi connectivity index (χ2n) is 8.49. The predicted octanol–water partition coefficient (Wildman–Crippen LogP) is 10.3. The van der Waals surface area contributed by atoms with E-state index in [4.69, 9.17) is 0 Å². The van der Waals surface area contributed by atoms with E-state index < -0.39 is 0 Å². The smallest absolute Gasteiger partial charge is 0.0186 e. The lowest BCUT2D eigenvalue weighted by Gasteiger charge is -2.06. The van der Waals surface area contributed by atoms with Gasteiger partial charge in [0.05, 0.1) is 0 Å². The summed E-state index contributed by atoms with van der Waals surface area (Å²) in [6.45, 7) is 4.56. The third-order valence-electron chi connectivity index (χ3n) is 5.72. The quantitative estimate of drug-likeness (QED) is 0.176. The molecule has 0 bridgehead atoms. The van der Waals surface area contributed by atoms with Crippen molar-refractivity contribution in [3.8, 4) is 0 Å². The van der Waals surface area contributed by atoms with Gasteiger partial charge in [-0.15, -0.1) is 0 Å². The van der Waals surface area contributed by atoms with Crippen molar-refractivity contribution >= 4 is 21.6 Å². The minimum absolute atomic E-state index is 1.23. The molecule has 0 aliphatic heterocycles. The molecule has 0 aliphatic rings.